The number of hydrogen-bond donors (Lipinski definition) is 2. The molecule has 0 aliphatic heterocycles. The molecule has 7 heteroatoms. The topological polar surface area (TPSA) is 87.1 Å². The number of aromatic hydroxyl groups is 1. The molecule has 2 N–H and O–H groups in total. The smallest absolute Gasteiger partial charge is 0.410 e. The van der Waals surface area contributed by atoms with E-state index in [2.05, 4.69) is 0 Å². The molecular weight excluding hydrogens is 401 g/mol. The highest BCUT2D eigenvalue weighted by molar-refractivity contribution is 14.1. The van der Waals surface area contributed by atoms with Crippen LogP contribution in [0.3, 0.4) is 0 Å². The van der Waals surface area contributed by atoms with Crippen LogP contribution in [0, 0.1) is 3.57 Å². The standard InChI is InChI=1S/C15H20INO5/c1-15(2,3)22-14(21)17(4)11(13(19)20)8-9-5-6-12(18)10(16)7-9/h5-7,11,18H,8H2,1-4H3,(H,19,20)/t11-/m0/s1. The fourth-order valence-corrected chi connectivity index (χ4v) is 2.33. The maximum absolute atomic E-state index is 12.0. The first-order chi connectivity index (χ1) is 10.0. The average Bonchev–Trinajstić information content (AvgIpc) is 2.36. The summed E-state index contributed by atoms with van der Waals surface area (Å²) >= 11 is 1.96. The number of carbonyl (C=O) groups is 2. The first-order valence-electron chi connectivity index (χ1n) is 6.67. The van der Waals surface area contributed by atoms with Crippen LogP contribution in [0.1, 0.15) is 26.3 Å². The molecule has 122 valence electrons. The Morgan fingerprint density at radius 2 is 1.95 bits per heavy atom. The summed E-state index contributed by atoms with van der Waals surface area (Å²) < 4.78 is 5.82. The molecule has 0 saturated heterocycles. The fraction of sp³-hybridized carbons (Fsp3) is 0.467. The zero-order valence-corrected chi connectivity index (χ0v) is 15.1. The van der Waals surface area contributed by atoms with Gasteiger partial charge in [0.1, 0.15) is 17.4 Å². The third kappa shape index (κ3) is 5.36. The van der Waals surface area contributed by atoms with E-state index in [9.17, 15) is 19.8 Å². The van der Waals surface area contributed by atoms with Crippen molar-refractivity contribution in [3.05, 3.63) is 27.3 Å². The van der Waals surface area contributed by atoms with E-state index in [1.54, 1.807) is 32.9 Å². The van der Waals surface area contributed by atoms with Crippen molar-refractivity contribution in [2.24, 2.45) is 0 Å². The second-order valence-electron chi connectivity index (χ2n) is 5.94. The lowest BCUT2D eigenvalue weighted by Gasteiger charge is -2.28. The van der Waals surface area contributed by atoms with Gasteiger partial charge >= 0.3 is 12.1 Å². The van der Waals surface area contributed by atoms with Crippen LogP contribution >= 0.6 is 22.6 Å². The van der Waals surface area contributed by atoms with Gasteiger partial charge in [0.25, 0.3) is 0 Å². The molecular formula is C15H20INO5. The largest absolute Gasteiger partial charge is 0.507 e. The van der Waals surface area contributed by atoms with Gasteiger partial charge in [-0.1, -0.05) is 6.07 Å². The Labute approximate surface area is 143 Å². The van der Waals surface area contributed by atoms with Gasteiger partial charge in [-0.15, -0.1) is 0 Å². The third-order valence-electron chi connectivity index (χ3n) is 2.88. The van der Waals surface area contributed by atoms with Crippen molar-refractivity contribution in [2.75, 3.05) is 7.05 Å². The van der Waals surface area contributed by atoms with E-state index < -0.39 is 23.7 Å². The summed E-state index contributed by atoms with van der Waals surface area (Å²) in [5.41, 5.74) is 0.0208. The lowest BCUT2D eigenvalue weighted by atomic mass is 10.1. The predicted molar refractivity (Wildman–Crippen MR) is 89.9 cm³/mol. The zero-order valence-electron chi connectivity index (χ0n) is 13.0. The van der Waals surface area contributed by atoms with Crippen molar-refractivity contribution in [1.82, 2.24) is 4.90 Å². The molecule has 0 unspecified atom stereocenters. The SMILES string of the molecule is CN(C(=O)OC(C)(C)C)[C@@H](Cc1ccc(O)c(I)c1)C(=O)O. The van der Waals surface area contributed by atoms with Crippen LogP contribution in [-0.2, 0) is 16.0 Å². The van der Waals surface area contributed by atoms with Crippen LogP contribution in [0.15, 0.2) is 18.2 Å². The van der Waals surface area contributed by atoms with E-state index in [4.69, 9.17) is 4.74 Å². The van der Waals surface area contributed by atoms with Gasteiger partial charge in [0.2, 0.25) is 0 Å². The number of rotatable bonds is 4. The molecule has 0 heterocycles. The van der Waals surface area contributed by atoms with Crippen LogP contribution in [0.4, 0.5) is 4.79 Å². The Balaban J connectivity index is 2.91. The Kier molecular flexibility index (Phi) is 6.04. The minimum atomic E-state index is -1.11. The number of likely N-dealkylation sites (N-methyl/N-ethyl adjacent to an activating group) is 1. The molecule has 0 bridgehead atoms. The number of phenols is 1. The molecule has 0 aliphatic rings. The van der Waals surface area contributed by atoms with Gasteiger partial charge in [0.15, 0.2) is 0 Å². The Bertz CT molecular complexity index is 568. The number of carboxylic acids is 1. The van der Waals surface area contributed by atoms with Gasteiger partial charge in [-0.2, -0.15) is 0 Å². The van der Waals surface area contributed by atoms with E-state index in [0.717, 1.165) is 4.90 Å². The van der Waals surface area contributed by atoms with Gasteiger partial charge in [0, 0.05) is 13.5 Å². The van der Waals surface area contributed by atoms with Crippen LogP contribution in [0.5, 0.6) is 5.75 Å². The van der Waals surface area contributed by atoms with Gasteiger partial charge in [-0.05, 0) is 61.1 Å². The number of ether oxygens (including phenoxy) is 1. The van der Waals surface area contributed by atoms with E-state index in [-0.39, 0.29) is 12.2 Å². The number of carbonyl (C=O) groups excluding carboxylic acids is 1. The number of benzene rings is 1. The maximum Gasteiger partial charge on any atom is 0.410 e. The van der Waals surface area contributed by atoms with Crippen LogP contribution in [0.2, 0.25) is 0 Å². The second-order valence-corrected chi connectivity index (χ2v) is 7.10. The quantitative estimate of drug-likeness (QED) is 0.731. The first-order valence-corrected chi connectivity index (χ1v) is 7.75. The van der Waals surface area contributed by atoms with E-state index in [1.165, 1.54) is 13.1 Å². The zero-order chi connectivity index (χ0) is 17.1. The summed E-state index contributed by atoms with van der Waals surface area (Å²) in [7, 11) is 1.40. The monoisotopic (exact) mass is 421 g/mol. The van der Waals surface area contributed by atoms with Crippen molar-refractivity contribution >= 4 is 34.7 Å². The molecule has 6 nitrogen and oxygen atoms in total. The molecule has 0 aliphatic carbocycles. The molecule has 1 atom stereocenters. The third-order valence-corrected chi connectivity index (χ3v) is 3.74. The van der Waals surface area contributed by atoms with Crippen LogP contribution < -0.4 is 0 Å². The summed E-state index contributed by atoms with van der Waals surface area (Å²) in [6.07, 6.45) is -0.560. The number of halogens is 1. The van der Waals surface area contributed by atoms with Crippen molar-refractivity contribution in [2.45, 2.75) is 38.8 Å². The number of amides is 1. The number of aliphatic carboxylic acids is 1. The Hall–Kier alpha value is -1.51. The van der Waals surface area contributed by atoms with Crippen molar-refractivity contribution in [3.8, 4) is 5.75 Å². The number of phenolic OH excluding ortho intramolecular Hbond substituents is 1. The molecule has 1 amide bonds. The van der Waals surface area contributed by atoms with Crippen LogP contribution in [0.25, 0.3) is 0 Å². The van der Waals surface area contributed by atoms with Gasteiger partial charge in [-0.3, -0.25) is 4.90 Å². The molecule has 22 heavy (non-hydrogen) atoms. The lowest BCUT2D eigenvalue weighted by Crippen LogP contribution is -2.46. The lowest BCUT2D eigenvalue weighted by molar-refractivity contribution is -0.142. The fourth-order valence-electron chi connectivity index (χ4n) is 1.75. The highest BCUT2D eigenvalue weighted by Gasteiger charge is 2.30. The number of hydrogen-bond acceptors (Lipinski definition) is 4. The summed E-state index contributed by atoms with van der Waals surface area (Å²) in [6.45, 7) is 5.16. The molecule has 1 rings (SSSR count). The van der Waals surface area contributed by atoms with Crippen molar-refractivity contribution in [3.63, 3.8) is 0 Å². The summed E-state index contributed by atoms with van der Waals surface area (Å²) in [5, 5.41) is 18.9. The second kappa shape index (κ2) is 7.17. The molecule has 0 aromatic heterocycles. The van der Waals surface area contributed by atoms with Gasteiger partial charge in [-0.25, -0.2) is 9.59 Å². The number of nitrogens with zero attached hydrogens (tertiary/aromatic N) is 1. The maximum atomic E-state index is 12.0. The van der Waals surface area contributed by atoms with Crippen molar-refractivity contribution < 1.29 is 24.5 Å². The molecule has 0 fully saturated rings. The molecule has 1 aromatic rings. The normalized spacial score (nSPS) is 12.6. The van der Waals surface area contributed by atoms with Gasteiger partial charge in [0.05, 0.1) is 3.57 Å². The van der Waals surface area contributed by atoms with E-state index >= 15 is 0 Å². The van der Waals surface area contributed by atoms with Crippen molar-refractivity contribution in [1.29, 1.82) is 0 Å². The van der Waals surface area contributed by atoms with E-state index in [1.807, 2.05) is 22.6 Å². The summed E-state index contributed by atoms with van der Waals surface area (Å²) in [5.74, 6) is -0.979. The molecule has 1 aromatic carbocycles. The highest BCUT2D eigenvalue weighted by atomic mass is 127. The molecule has 0 radical (unpaired) electrons. The minimum absolute atomic E-state index is 0.126. The first kappa shape index (κ1) is 18.5. The Morgan fingerprint density at radius 3 is 2.41 bits per heavy atom. The average molecular weight is 421 g/mol. The highest BCUT2D eigenvalue weighted by Crippen LogP contribution is 2.22. The van der Waals surface area contributed by atoms with E-state index in [0.29, 0.717) is 9.13 Å². The Morgan fingerprint density at radius 1 is 1.36 bits per heavy atom. The minimum Gasteiger partial charge on any atom is -0.507 e. The summed E-state index contributed by atoms with van der Waals surface area (Å²) in [6, 6.07) is 3.78. The number of carboxylic acid groups (broad SMARTS) is 1. The summed E-state index contributed by atoms with van der Waals surface area (Å²) in [4.78, 5) is 24.6. The molecule has 0 spiro atoms. The van der Waals surface area contributed by atoms with Crippen LogP contribution in [-0.4, -0.2) is 45.9 Å². The predicted octanol–water partition coefficient (Wildman–Crippen LogP) is 2.86. The molecule has 0 saturated carbocycles. The van der Waals surface area contributed by atoms with Gasteiger partial charge < -0.3 is 14.9 Å².